The Morgan fingerprint density at radius 2 is 1.90 bits per heavy atom. The Hall–Kier alpha value is -4.44. The number of guanidine groups is 1. The number of amides is 1. The van der Waals surface area contributed by atoms with Gasteiger partial charge in [0.05, 0.1) is 40.9 Å². The molecule has 0 spiro atoms. The second-order valence-electron chi connectivity index (χ2n) is 11.4. The predicted molar refractivity (Wildman–Crippen MR) is 173 cm³/mol. The topological polar surface area (TPSA) is 99.4 Å². The third-order valence-corrected chi connectivity index (χ3v) is 8.24. The molecule has 1 heterocycles. The number of carbonyl (C=O) groups is 1. The molecule has 1 amide bonds. The normalized spacial score (nSPS) is 19.6. The first-order valence-electron chi connectivity index (χ1n) is 14.2. The highest BCUT2D eigenvalue weighted by atomic mass is 16.5. The lowest BCUT2D eigenvalue weighted by Crippen LogP contribution is -2.59. The van der Waals surface area contributed by atoms with Crippen LogP contribution in [0, 0.1) is 5.92 Å². The first-order chi connectivity index (χ1) is 20.2. The number of methoxy groups -OCH3 is 1. The summed E-state index contributed by atoms with van der Waals surface area (Å²) in [6, 6.07) is 12.0. The summed E-state index contributed by atoms with van der Waals surface area (Å²) in [5, 5.41) is 12.3. The minimum Gasteiger partial charge on any atom is -0.494 e. The molecule has 3 aliphatic rings. The van der Waals surface area contributed by atoms with Crippen molar-refractivity contribution < 1.29 is 9.53 Å². The number of hydrogen-bond acceptors (Lipinski definition) is 6. The van der Waals surface area contributed by atoms with Gasteiger partial charge in [0.25, 0.3) is 0 Å². The molecule has 220 valence electrons. The molecule has 10 nitrogen and oxygen atoms in total. The van der Waals surface area contributed by atoms with Gasteiger partial charge in [-0.25, -0.2) is 9.98 Å². The summed E-state index contributed by atoms with van der Waals surface area (Å²) in [5.74, 6) is 1.37. The van der Waals surface area contributed by atoms with Crippen LogP contribution in [0.5, 0.6) is 5.75 Å². The fourth-order valence-electron chi connectivity index (χ4n) is 5.81. The van der Waals surface area contributed by atoms with E-state index in [0.717, 1.165) is 41.3 Å². The number of carbonyl (C=O) groups excluding carboxylic acids is 1. The maximum Gasteiger partial charge on any atom is 0.247 e. The summed E-state index contributed by atoms with van der Waals surface area (Å²) in [6.07, 6.45) is 6.76. The van der Waals surface area contributed by atoms with E-state index in [2.05, 4.69) is 61.6 Å². The van der Waals surface area contributed by atoms with Crippen LogP contribution < -0.4 is 20.3 Å². The number of hydrogen-bond donors (Lipinski definition) is 2. The van der Waals surface area contributed by atoms with E-state index in [-0.39, 0.29) is 17.4 Å². The number of nitrogens with zero attached hydrogens (tertiary/aromatic N) is 6. The highest BCUT2D eigenvalue weighted by Crippen LogP contribution is 2.62. The van der Waals surface area contributed by atoms with Crippen molar-refractivity contribution in [1.29, 1.82) is 0 Å². The molecule has 2 bridgehead atoms. The van der Waals surface area contributed by atoms with Crippen LogP contribution >= 0.6 is 0 Å². The van der Waals surface area contributed by atoms with Crippen molar-refractivity contribution >= 4 is 52.2 Å². The van der Waals surface area contributed by atoms with Gasteiger partial charge >= 0.3 is 0 Å². The van der Waals surface area contributed by atoms with Crippen LogP contribution in [0.1, 0.15) is 31.9 Å². The summed E-state index contributed by atoms with van der Waals surface area (Å²) in [5.41, 5.74) is 4.74. The van der Waals surface area contributed by atoms with Gasteiger partial charge in [0.2, 0.25) is 11.9 Å². The van der Waals surface area contributed by atoms with Gasteiger partial charge in [-0.2, -0.15) is 5.10 Å². The molecule has 6 rings (SSSR count). The molecule has 2 N–H and O–H groups in total. The zero-order valence-electron chi connectivity index (χ0n) is 25.1. The van der Waals surface area contributed by atoms with E-state index in [1.165, 1.54) is 25.3 Å². The second kappa shape index (κ2) is 11.8. The first kappa shape index (κ1) is 29.1. The van der Waals surface area contributed by atoms with Crippen molar-refractivity contribution in [1.82, 2.24) is 14.7 Å². The molecule has 0 aliphatic heterocycles. The van der Waals surface area contributed by atoms with E-state index in [0.29, 0.717) is 22.8 Å². The van der Waals surface area contributed by atoms with Crippen molar-refractivity contribution in [3.63, 3.8) is 0 Å². The van der Waals surface area contributed by atoms with Crippen LogP contribution in [0.15, 0.2) is 65.1 Å². The van der Waals surface area contributed by atoms with Crippen LogP contribution in [-0.4, -0.2) is 74.6 Å². The van der Waals surface area contributed by atoms with Crippen LogP contribution in [0.4, 0.5) is 17.1 Å². The molecule has 42 heavy (non-hydrogen) atoms. The number of nitrogens with one attached hydrogen (secondary N) is 2. The van der Waals surface area contributed by atoms with Gasteiger partial charge in [-0.15, -0.1) is 0 Å². The fourth-order valence-corrected chi connectivity index (χ4v) is 5.81. The smallest absolute Gasteiger partial charge is 0.247 e. The minimum absolute atomic E-state index is 0.143. The van der Waals surface area contributed by atoms with Crippen LogP contribution in [0.25, 0.3) is 16.6 Å². The highest BCUT2D eigenvalue weighted by molar-refractivity contribution is 6.05. The van der Waals surface area contributed by atoms with Gasteiger partial charge in [-0.05, 0) is 71.1 Å². The van der Waals surface area contributed by atoms with E-state index >= 15 is 0 Å². The number of aliphatic imine (C=N–C) groups is 2. The van der Waals surface area contributed by atoms with Gasteiger partial charge in [0, 0.05) is 31.6 Å². The Balaban J connectivity index is 1.50. The van der Waals surface area contributed by atoms with Crippen molar-refractivity contribution in [2.75, 3.05) is 56.9 Å². The first-order valence-corrected chi connectivity index (χ1v) is 14.2. The largest absolute Gasteiger partial charge is 0.494 e. The Morgan fingerprint density at radius 1 is 1.17 bits per heavy atom. The van der Waals surface area contributed by atoms with Crippen molar-refractivity contribution in [2.45, 2.75) is 31.7 Å². The predicted octanol–water partition coefficient (Wildman–Crippen LogP) is 5.21. The lowest BCUT2D eigenvalue weighted by molar-refractivity contribution is -0.111. The number of fused-ring (bicyclic) bond motifs is 1. The number of allylic oxidation sites excluding steroid dienone is 1. The SMILES string of the molecule is C=CC(=O)Nc1cc(NC(N=C)=N/C(=C\C)c2nn(C34CC(C3)C4)c3ccccc23)c(OC)cc1N(C)CCN(C)C. The molecular weight excluding hydrogens is 528 g/mol. The van der Waals surface area contributed by atoms with E-state index in [9.17, 15) is 4.79 Å². The molecule has 3 fully saturated rings. The Kier molecular flexibility index (Phi) is 8.17. The molecule has 3 aromatic rings. The van der Waals surface area contributed by atoms with Crippen LogP contribution in [0.3, 0.4) is 0 Å². The zero-order valence-corrected chi connectivity index (χ0v) is 25.1. The fraction of sp³-hybridized carbons (Fsp3) is 0.375. The molecular formula is C32H40N8O2. The van der Waals surface area contributed by atoms with Crippen LogP contribution in [0.2, 0.25) is 0 Å². The Bertz CT molecular complexity index is 1570. The molecule has 3 aliphatic carbocycles. The average molecular weight is 569 g/mol. The van der Waals surface area contributed by atoms with Gasteiger partial charge in [0.1, 0.15) is 11.4 Å². The summed E-state index contributed by atoms with van der Waals surface area (Å²) >= 11 is 0. The number of likely N-dealkylation sites (N-methyl/N-ethyl adjacent to an activating group) is 2. The molecule has 0 atom stereocenters. The number of benzene rings is 2. The monoisotopic (exact) mass is 568 g/mol. The Morgan fingerprint density at radius 3 is 2.50 bits per heavy atom. The minimum atomic E-state index is -0.313. The van der Waals surface area contributed by atoms with Crippen molar-refractivity contribution in [3.8, 4) is 5.75 Å². The summed E-state index contributed by atoms with van der Waals surface area (Å²) in [4.78, 5) is 25.6. The van der Waals surface area contributed by atoms with E-state index in [1.54, 1.807) is 7.11 Å². The molecule has 3 saturated carbocycles. The van der Waals surface area contributed by atoms with Gasteiger partial charge in [-0.3, -0.25) is 9.48 Å². The second-order valence-corrected chi connectivity index (χ2v) is 11.4. The molecule has 0 radical (unpaired) electrons. The maximum absolute atomic E-state index is 12.3. The maximum atomic E-state index is 12.3. The summed E-state index contributed by atoms with van der Waals surface area (Å²) < 4.78 is 7.97. The molecule has 10 heteroatoms. The third kappa shape index (κ3) is 5.42. The molecule has 2 aromatic carbocycles. The lowest BCUT2D eigenvalue weighted by atomic mass is 9.50. The Labute approximate surface area is 247 Å². The van der Waals surface area contributed by atoms with E-state index in [1.807, 2.05) is 52.3 Å². The molecule has 0 unspecified atom stereocenters. The molecule has 0 saturated heterocycles. The third-order valence-electron chi connectivity index (χ3n) is 8.24. The number of para-hydroxylation sites is 1. The van der Waals surface area contributed by atoms with Crippen molar-refractivity contribution in [2.24, 2.45) is 15.9 Å². The van der Waals surface area contributed by atoms with E-state index in [4.69, 9.17) is 14.8 Å². The summed E-state index contributed by atoms with van der Waals surface area (Å²) in [7, 11) is 7.62. The standard InChI is InChI=1S/C32H40N8O2/c1-8-23(30-22-12-10-11-13-26(22)40(37-30)32-18-21(19-32)20-32)35-31(33-3)36-25-16-24(34-29(41)9-2)27(17-28(25)42-7)39(6)15-14-38(4)5/h8-13,16-17,21H,2-3,14-15,18-20H2,1,4-7H3,(H,34,41)(H,35,36)/b23-8-. The average Bonchev–Trinajstić information content (AvgIpc) is 3.31. The van der Waals surface area contributed by atoms with Crippen molar-refractivity contribution in [3.05, 3.63) is 60.8 Å². The zero-order chi connectivity index (χ0) is 30.0. The summed E-state index contributed by atoms with van der Waals surface area (Å²) in [6.45, 7) is 10.9. The molecule has 1 aromatic heterocycles. The van der Waals surface area contributed by atoms with Gasteiger partial charge in [-0.1, -0.05) is 30.9 Å². The number of anilines is 3. The van der Waals surface area contributed by atoms with E-state index < -0.39 is 0 Å². The quantitative estimate of drug-likeness (QED) is 0.187. The van der Waals surface area contributed by atoms with Gasteiger partial charge < -0.3 is 25.2 Å². The number of rotatable bonds is 11. The number of ether oxygens (including phenoxy) is 1. The van der Waals surface area contributed by atoms with Crippen LogP contribution in [-0.2, 0) is 10.3 Å². The lowest BCUT2D eigenvalue weighted by Gasteiger charge is -2.61. The highest BCUT2D eigenvalue weighted by Gasteiger charge is 2.59. The number of aromatic nitrogens is 2. The van der Waals surface area contributed by atoms with Gasteiger partial charge in [0.15, 0.2) is 0 Å².